The molecule has 5 aromatic rings. The molecule has 0 fully saturated rings. The third-order valence-corrected chi connectivity index (χ3v) is 12.2. The van der Waals surface area contributed by atoms with Crippen LogP contribution in [0.25, 0.3) is 0 Å². The van der Waals surface area contributed by atoms with Gasteiger partial charge in [-0.25, -0.2) is 0 Å². The minimum Gasteiger partial charge on any atom is -0.494 e. The van der Waals surface area contributed by atoms with E-state index < -0.39 is 0 Å². The molecule has 0 unspecified atom stereocenters. The molecule has 58 heavy (non-hydrogen) atoms. The molecule has 0 saturated heterocycles. The molecule has 298 valence electrons. The molecule has 2 atom stereocenters. The van der Waals surface area contributed by atoms with Crippen LogP contribution in [0, 0.1) is 47.4 Å². The third kappa shape index (κ3) is 10.1. The van der Waals surface area contributed by atoms with Crippen molar-refractivity contribution in [3.8, 4) is 35.2 Å². The summed E-state index contributed by atoms with van der Waals surface area (Å²) in [5, 5.41) is 0. The van der Waals surface area contributed by atoms with Crippen LogP contribution in [0.4, 0.5) is 0 Å². The molecule has 0 heterocycles. The molecule has 5 aromatic carbocycles. The van der Waals surface area contributed by atoms with Gasteiger partial charge in [0, 0.05) is 34.1 Å². The van der Waals surface area contributed by atoms with Crippen LogP contribution >= 0.6 is 0 Å². The Kier molecular flexibility index (Phi) is 13.8. The molecule has 0 spiro atoms. The smallest absolute Gasteiger partial charge is 0.119 e. The third-order valence-electron chi connectivity index (χ3n) is 12.2. The summed E-state index contributed by atoms with van der Waals surface area (Å²) in [4.78, 5) is 0. The summed E-state index contributed by atoms with van der Waals surface area (Å²) >= 11 is 0. The Morgan fingerprint density at radius 1 is 0.414 bits per heavy atom. The fraction of sp³-hybridized carbons (Fsp3) is 0.393. The Balaban J connectivity index is 1.10. The van der Waals surface area contributed by atoms with E-state index >= 15 is 0 Å². The van der Waals surface area contributed by atoms with Crippen LogP contribution in [-0.2, 0) is 0 Å². The van der Waals surface area contributed by atoms with Crippen molar-refractivity contribution in [3.05, 3.63) is 165 Å². The molecular weight excluding hydrogens is 705 g/mol. The van der Waals surface area contributed by atoms with Crippen molar-refractivity contribution in [1.29, 1.82) is 0 Å². The highest BCUT2D eigenvalue weighted by atomic mass is 16.5. The largest absolute Gasteiger partial charge is 0.494 e. The molecule has 2 nitrogen and oxygen atoms in total. The van der Waals surface area contributed by atoms with E-state index in [4.69, 9.17) is 9.47 Å². The molecule has 2 bridgehead atoms. The van der Waals surface area contributed by atoms with Crippen molar-refractivity contribution in [3.63, 3.8) is 0 Å². The first-order chi connectivity index (χ1) is 28.2. The number of hydrogen-bond donors (Lipinski definition) is 0. The Labute approximate surface area is 349 Å². The fourth-order valence-corrected chi connectivity index (χ4v) is 8.85. The zero-order valence-electron chi connectivity index (χ0n) is 35.7. The normalized spacial score (nSPS) is 15.7. The predicted octanol–water partition coefficient (Wildman–Crippen LogP) is 13.9. The lowest BCUT2D eigenvalue weighted by atomic mass is 9.59. The highest BCUT2D eigenvalue weighted by Gasteiger charge is 2.43. The van der Waals surface area contributed by atoms with Gasteiger partial charge in [-0.1, -0.05) is 152 Å². The summed E-state index contributed by atoms with van der Waals surface area (Å²) in [5.41, 5.74) is 12.2. The van der Waals surface area contributed by atoms with E-state index in [9.17, 15) is 0 Å². The van der Waals surface area contributed by atoms with Crippen molar-refractivity contribution < 1.29 is 9.47 Å². The van der Waals surface area contributed by atoms with E-state index in [1.165, 1.54) is 71.9 Å². The summed E-state index contributed by atoms with van der Waals surface area (Å²) in [6.07, 6.45) is 9.92. The Bertz CT molecular complexity index is 2040. The van der Waals surface area contributed by atoms with Crippen molar-refractivity contribution in [2.45, 2.75) is 105 Å². The molecule has 0 radical (unpaired) electrons. The van der Waals surface area contributed by atoms with Crippen LogP contribution in [0.3, 0.4) is 0 Å². The van der Waals surface area contributed by atoms with Gasteiger partial charge in [-0.2, -0.15) is 0 Å². The lowest BCUT2D eigenvalue weighted by Crippen LogP contribution is -2.29. The van der Waals surface area contributed by atoms with Crippen molar-refractivity contribution in [2.75, 3.05) is 13.2 Å². The molecule has 0 amide bonds. The first-order valence-corrected chi connectivity index (χ1v) is 22.1. The zero-order chi connectivity index (χ0) is 40.4. The molecule has 2 heteroatoms. The standard InChI is InChI=1S/C56H62O2/c1-39(2)13-11-15-41(5)35-37-57-47-31-23-43(24-32-47)21-27-45-29-30-46(28-22-44-25-33-48(34-26-44)58-38-36-42(6)16-12-14-40(3)4)54-53(45)55-49-17-7-9-19-51(49)56(54)52-20-10-8-18-50(52)55/h7-10,17-20,23-26,29-34,39-42,55-56H,11-16,35-38H2,1-6H3/t41-,42-,55?,56?/m1/s1. The van der Waals surface area contributed by atoms with Crippen LogP contribution in [0.2, 0.25) is 0 Å². The van der Waals surface area contributed by atoms with Crippen LogP contribution < -0.4 is 9.47 Å². The Morgan fingerprint density at radius 2 is 0.776 bits per heavy atom. The van der Waals surface area contributed by atoms with Gasteiger partial charge >= 0.3 is 0 Å². The molecule has 0 aromatic heterocycles. The quantitative estimate of drug-likeness (QED) is 0.0912. The SMILES string of the molecule is CC(C)CCC[C@@H](C)CCOc1ccc(C#Cc2ccc(C#Cc3ccc(OCC[C@H](C)CCCC(C)C)cc3)c3c2C2c4ccccc4C3c3ccccc32)cc1. The van der Waals surface area contributed by atoms with E-state index in [-0.39, 0.29) is 11.8 Å². The highest BCUT2D eigenvalue weighted by Crippen LogP contribution is 2.57. The van der Waals surface area contributed by atoms with Gasteiger partial charge in [0.25, 0.3) is 0 Å². The summed E-state index contributed by atoms with van der Waals surface area (Å²) in [6.45, 7) is 15.4. The van der Waals surface area contributed by atoms with Gasteiger partial charge < -0.3 is 9.47 Å². The monoisotopic (exact) mass is 766 g/mol. The summed E-state index contributed by atoms with van der Waals surface area (Å²) in [6, 6.07) is 38.9. The maximum Gasteiger partial charge on any atom is 0.119 e. The lowest BCUT2D eigenvalue weighted by Gasteiger charge is -2.43. The summed E-state index contributed by atoms with van der Waals surface area (Å²) in [7, 11) is 0. The van der Waals surface area contributed by atoms with Crippen LogP contribution in [0.15, 0.2) is 109 Å². The van der Waals surface area contributed by atoms with E-state index in [0.29, 0.717) is 11.8 Å². The molecule has 3 aliphatic rings. The van der Waals surface area contributed by atoms with Crippen LogP contribution in [-0.4, -0.2) is 13.2 Å². The van der Waals surface area contributed by atoms with Gasteiger partial charge in [0.1, 0.15) is 11.5 Å². The first kappa shape index (κ1) is 41.0. The number of ether oxygens (including phenoxy) is 2. The van der Waals surface area contributed by atoms with E-state index in [2.05, 4.69) is 174 Å². The zero-order valence-corrected chi connectivity index (χ0v) is 35.7. The molecule has 8 rings (SSSR count). The minimum atomic E-state index is 0.108. The maximum absolute atomic E-state index is 6.14. The van der Waals surface area contributed by atoms with Gasteiger partial charge in [0.05, 0.1) is 13.2 Å². The fourth-order valence-electron chi connectivity index (χ4n) is 8.85. The summed E-state index contributed by atoms with van der Waals surface area (Å²) in [5.74, 6) is 19.2. The van der Waals surface area contributed by atoms with E-state index in [0.717, 1.165) is 71.6 Å². The van der Waals surface area contributed by atoms with Crippen LogP contribution in [0.5, 0.6) is 11.5 Å². The van der Waals surface area contributed by atoms with Crippen molar-refractivity contribution in [1.82, 2.24) is 0 Å². The van der Waals surface area contributed by atoms with E-state index in [1.807, 2.05) is 0 Å². The second kappa shape index (κ2) is 19.5. The molecular formula is C56H62O2. The number of rotatable bonds is 16. The number of hydrogen-bond acceptors (Lipinski definition) is 2. The maximum atomic E-state index is 6.14. The predicted molar refractivity (Wildman–Crippen MR) is 242 cm³/mol. The first-order valence-electron chi connectivity index (χ1n) is 22.1. The second-order valence-electron chi connectivity index (χ2n) is 17.8. The van der Waals surface area contributed by atoms with Gasteiger partial charge in [-0.05, 0) is 131 Å². The van der Waals surface area contributed by atoms with Crippen molar-refractivity contribution in [2.24, 2.45) is 23.7 Å². The molecule has 3 aliphatic carbocycles. The molecule has 0 saturated carbocycles. The van der Waals surface area contributed by atoms with Crippen LogP contribution in [0.1, 0.15) is 160 Å². The topological polar surface area (TPSA) is 18.5 Å². The second-order valence-corrected chi connectivity index (χ2v) is 17.8. The number of benzene rings is 5. The molecule has 0 N–H and O–H groups in total. The minimum absolute atomic E-state index is 0.108. The van der Waals surface area contributed by atoms with Gasteiger partial charge in [0.15, 0.2) is 0 Å². The van der Waals surface area contributed by atoms with Crippen molar-refractivity contribution >= 4 is 0 Å². The highest BCUT2D eigenvalue weighted by molar-refractivity contribution is 5.74. The van der Waals surface area contributed by atoms with Gasteiger partial charge in [0.2, 0.25) is 0 Å². The average Bonchev–Trinajstić information content (AvgIpc) is 3.22. The van der Waals surface area contributed by atoms with Gasteiger partial charge in [-0.15, -0.1) is 0 Å². The molecule has 0 aliphatic heterocycles. The Hall–Kier alpha value is -5.18. The van der Waals surface area contributed by atoms with E-state index in [1.54, 1.807) is 0 Å². The van der Waals surface area contributed by atoms with Gasteiger partial charge in [-0.3, -0.25) is 0 Å². The lowest BCUT2D eigenvalue weighted by molar-refractivity contribution is 0.275. The average molecular weight is 767 g/mol. The summed E-state index contributed by atoms with van der Waals surface area (Å²) < 4.78 is 12.3. The Morgan fingerprint density at radius 3 is 1.12 bits per heavy atom.